The van der Waals surface area contributed by atoms with Crippen LogP contribution in [0.15, 0.2) is 39.2 Å². The Bertz CT molecular complexity index is 981. The standard InChI is InChI=1S/C18H16N4OS2/c1-18(2,3)25-15-11(8-19)9-21-13-5-4-10(6-12(13)15)7-14-16(23)22-17(20)24-14/h4-7,9H,1-3H3,(H2,20,22,23). The predicted molar refractivity (Wildman–Crippen MR) is 104 cm³/mol. The second-order valence-corrected chi connectivity index (χ2v) is 9.37. The number of nitrogens with two attached hydrogens (primary N) is 1. The number of amides is 1. The van der Waals surface area contributed by atoms with Gasteiger partial charge in [-0.25, -0.2) is 0 Å². The molecule has 3 rings (SSSR count). The van der Waals surface area contributed by atoms with E-state index in [9.17, 15) is 10.1 Å². The Morgan fingerprint density at radius 2 is 2.12 bits per heavy atom. The molecule has 1 aromatic heterocycles. The number of aromatic nitrogens is 1. The molecule has 0 atom stereocenters. The molecule has 0 aliphatic carbocycles. The van der Waals surface area contributed by atoms with Crippen LogP contribution in [-0.2, 0) is 4.79 Å². The van der Waals surface area contributed by atoms with Crippen LogP contribution in [-0.4, -0.2) is 20.8 Å². The molecule has 126 valence electrons. The highest BCUT2D eigenvalue weighted by atomic mass is 32.2. The van der Waals surface area contributed by atoms with Gasteiger partial charge >= 0.3 is 0 Å². The number of carbonyl (C=O) groups excluding carboxylic acids is 1. The topological polar surface area (TPSA) is 92.1 Å². The first-order valence-corrected chi connectivity index (χ1v) is 9.20. The van der Waals surface area contributed by atoms with Crippen LogP contribution < -0.4 is 5.73 Å². The molecule has 0 radical (unpaired) electrons. The number of carbonyl (C=O) groups is 1. The molecule has 7 heteroatoms. The molecule has 1 aliphatic rings. The Labute approximate surface area is 154 Å². The number of nitrogens with zero attached hydrogens (tertiary/aromatic N) is 3. The Morgan fingerprint density at radius 3 is 2.72 bits per heavy atom. The van der Waals surface area contributed by atoms with E-state index in [-0.39, 0.29) is 15.8 Å². The minimum Gasteiger partial charge on any atom is -0.378 e. The highest BCUT2D eigenvalue weighted by Crippen LogP contribution is 2.39. The summed E-state index contributed by atoms with van der Waals surface area (Å²) in [6.07, 6.45) is 3.37. The number of pyridine rings is 1. The quantitative estimate of drug-likeness (QED) is 0.638. The van der Waals surface area contributed by atoms with E-state index >= 15 is 0 Å². The summed E-state index contributed by atoms with van der Waals surface area (Å²) in [5.41, 5.74) is 7.81. The van der Waals surface area contributed by atoms with Crippen molar-refractivity contribution in [3.05, 3.63) is 40.4 Å². The molecule has 1 aliphatic heterocycles. The number of benzene rings is 1. The van der Waals surface area contributed by atoms with Crippen molar-refractivity contribution in [2.75, 3.05) is 0 Å². The summed E-state index contributed by atoms with van der Waals surface area (Å²) in [5.74, 6) is -0.323. The second kappa shape index (κ2) is 6.54. The van der Waals surface area contributed by atoms with Crippen molar-refractivity contribution in [2.24, 2.45) is 10.7 Å². The van der Waals surface area contributed by atoms with Crippen molar-refractivity contribution >= 4 is 51.6 Å². The number of aliphatic imine (C=N–C) groups is 1. The lowest BCUT2D eigenvalue weighted by Crippen LogP contribution is -2.07. The minimum atomic E-state index is -0.323. The fraction of sp³-hybridized carbons (Fsp3) is 0.222. The maximum atomic E-state index is 11.8. The number of hydrogen-bond donors (Lipinski definition) is 1. The van der Waals surface area contributed by atoms with Crippen molar-refractivity contribution in [2.45, 2.75) is 30.4 Å². The molecule has 1 aromatic carbocycles. The van der Waals surface area contributed by atoms with Crippen LogP contribution in [0.25, 0.3) is 17.0 Å². The summed E-state index contributed by atoms with van der Waals surface area (Å²) < 4.78 is -0.0477. The van der Waals surface area contributed by atoms with E-state index in [0.29, 0.717) is 10.5 Å². The van der Waals surface area contributed by atoms with E-state index in [2.05, 4.69) is 36.8 Å². The first-order chi connectivity index (χ1) is 11.8. The number of hydrogen-bond acceptors (Lipinski definition) is 6. The number of rotatable bonds is 2. The van der Waals surface area contributed by atoms with E-state index in [1.54, 1.807) is 24.0 Å². The molecule has 5 nitrogen and oxygen atoms in total. The zero-order valence-electron chi connectivity index (χ0n) is 14.0. The van der Waals surface area contributed by atoms with Crippen LogP contribution >= 0.6 is 23.5 Å². The molecule has 0 unspecified atom stereocenters. The van der Waals surface area contributed by atoms with Crippen LogP contribution in [0.4, 0.5) is 0 Å². The monoisotopic (exact) mass is 368 g/mol. The lowest BCUT2D eigenvalue weighted by Gasteiger charge is -2.19. The molecular weight excluding hydrogens is 352 g/mol. The van der Waals surface area contributed by atoms with Crippen LogP contribution in [0.2, 0.25) is 0 Å². The van der Waals surface area contributed by atoms with Gasteiger partial charge in [0.2, 0.25) is 0 Å². The SMILES string of the molecule is CC(C)(C)Sc1c(C#N)cnc2ccc(C=C3SC(N)=NC3=O)cc12. The van der Waals surface area contributed by atoms with Crippen molar-refractivity contribution in [1.29, 1.82) is 5.26 Å². The molecule has 2 N–H and O–H groups in total. The van der Waals surface area contributed by atoms with E-state index in [1.165, 1.54) is 0 Å². The Balaban J connectivity index is 2.13. The Hall–Kier alpha value is -2.30. The average molecular weight is 368 g/mol. The molecule has 0 saturated carbocycles. The van der Waals surface area contributed by atoms with E-state index in [1.807, 2.05) is 18.2 Å². The highest BCUT2D eigenvalue weighted by Gasteiger charge is 2.21. The number of amidine groups is 1. The van der Waals surface area contributed by atoms with Crippen LogP contribution in [0.3, 0.4) is 0 Å². The van der Waals surface area contributed by atoms with Gasteiger partial charge in [-0.15, -0.1) is 11.8 Å². The van der Waals surface area contributed by atoms with Gasteiger partial charge < -0.3 is 5.73 Å². The van der Waals surface area contributed by atoms with Crippen molar-refractivity contribution in [1.82, 2.24) is 4.98 Å². The van der Waals surface area contributed by atoms with E-state index in [0.717, 1.165) is 33.1 Å². The highest BCUT2D eigenvalue weighted by molar-refractivity contribution is 8.18. The molecule has 0 saturated heterocycles. The fourth-order valence-corrected chi connectivity index (χ4v) is 4.12. The predicted octanol–water partition coefficient (Wildman–Crippen LogP) is 3.93. The molecule has 2 aromatic rings. The maximum Gasteiger partial charge on any atom is 0.286 e. The molecule has 2 heterocycles. The third-order valence-electron chi connectivity index (χ3n) is 3.31. The normalized spacial score (nSPS) is 16.3. The van der Waals surface area contributed by atoms with Crippen molar-refractivity contribution < 1.29 is 4.79 Å². The summed E-state index contributed by atoms with van der Waals surface area (Å²) in [6, 6.07) is 7.96. The van der Waals surface area contributed by atoms with Crippen LogP contribution in [0, 0.1) is 11.3 Å². The summed E-state index contributed by atoms with van der Waals surface area (Å²) >= 11 is 2.80. The lowest BCUT2D eigenvalue weighted by molar-refractivity contribution is -0.113. The van der Waals surface area contributed by atoms with Gasteiger partial charge in [-0.05, 0) is 35.5 Å². The second-order valence-electron chi connectivity index (χ2n) is 6.47. The minimum absolute atomic E-state index is 0.0477. The lowest BCUT2D eigenvalue weighted by atomic mass is 10.1. The summed E-state index contributed by atoms with van der Waals surface area (Å²) in [6.45, 7) is 6.31. The fourth-order valence-electron chi connectivity index (χ4n) is 2.35. The first kappa shape index (κ1) is 17.5. The van der Waals surface area contributed by atoms with Gasteiger partial charge in [-0.1, -0.05) is 26.8 Å². The summed E-state index contributed by atoms with van der Waals surface area (Å²) in [7, 11) is 0. The largest absolute Gasteiger partial charge is 0.378 e. The molecule has 1 amide bonds. The Morgan fingerprint density at radius 1 is 1.36 bits per heavy atom. The smallest absolute Gasteiger partial charge is 0.286 e. The zero-order chi connectivity index (χ0) is 18.2. The van der Waals surface area contributed by atoms with Crippen LogP contribution in [0.1, 0.15) is 31.9 Å². The van der Waals surface area contributed by atoms with Gasteiger partial charge in [0.25, 0.3) is 5.91 Å². The molecule has 0 spiro atoms. The van der Waals surface area contributed by atoms with Gasteiger partial charge in [0.1, 0.15) is 6.07 Å². The number of thioether (sulfide) groups is 2. The zero-order valence-corrected chi connectivity index (χ0v) is 15.7. The van der Waals surface area contributed by atoms with Gasteiger partial charge in [-0.3, -0.25) is 9.78 Å². The third-order valence-corrected chi connectivity index (χ3v) is 5.38. The van der Waals surface area contributed by atoms with Gasteiger partial charge in [-0.2, -0.15) is 10.3 Å². The van der Waals surface area contributed by atoms with Gasteiger partial charge in [0.05, 0.1) is 16.0 Å². The van der Waals surface area contributed by atoms with Crippen LogP contribution in [0.5, 0.6) is 0 Å². The van der Waals surface area contributed by atoms with Crippen molar-refractivity contribution in [3.63, 3.8) is 0 Å². The molecular formula is C18H16N4OS2. The van der Waals surface area contributed by atoms with E-state index in [4.69, 9.17) is 5.73 Å². The Kier molecular flexibility index (Phi) is 4.58. The molecule has 25 heavy (non-hydrogen) atoms. The average Bonchev–Trinajstić information content (AvgIpc) is 2.84. The maximum absolute atomic E-state index is 11.8. The molecule has 0 bridgehead atoms. The van der Waals surface area contributed by atoms with Crippen molar-refractivity contribution in [3.8, 4) is 6.07 Å². The van der Waals surface area contributed by atoms with Gasteiger partial charge in [0.15, 0.2) is 5.17 Å². The summed E-state index contributed by atoms with van der Waals surface area (Å²) in [4.78, 5) is 21.3. The molecule has 0 fully saturated rings. The van der Waals surface area contributed by atoms with Gasteiger partial charge in [0, 0.05) is 21.2 Å². The number of fused-ring (bicyclic) bond motifs is 1. The third kappa shape index (κ3) is 3.86. The first-order valence-electron chi connectivity index (χ1n) is 7.57. The summed E-state index contributed by atoms with van der Waals surface area (Å²) in [5, 5.41) is 10.6. The van der Waals surface area contributed by atoms with E-state index < -0.39 is 0 Å². The number of nitriles is 1.